The molecule has 0 bridgehead atoms. The molecule has 4 N–H and O–H groups in total. The lowest BCUT2D eigenvalue weighted by Gasteiger charge is -2.40. The highest BCUT2D eigenvalue weighted by atomic mass is 16.7. The number of piperazine rings is 1. The molecule has 0 spiro atoms. The van der Waals surface area contributed by atoms with Crippen molar-refractivity contribution in [2.45, 2.75) is 57.3 Å². The van der Waals surface area contributed by atoms with Gasteiger partial charge in [0.2, 0.25) is 17.8 Å². The highest BCUT2D eigenvalue weighted by Crippen LogP contribution is 2.39. The van der Waals surface area contributed by atoms with Gasteiger partial charge in [0.25, 0.3) is 0 Å². The number of benzene rings is 3. The summed E-state index contributed by atoms with van der Waals surface area (Å²) < 4.78 is 13.2. The fourth-order valence-electron chi connectivity index (χ4n) is 6.35. The molecule has 4 aromatic rings. The number of aromatic nitrogens is 2. The lowest BCUT2D eigenvalue weighted by Crippen LogP contribution is -2.50. The fourth-order valence-corrected chi connectivity index (χ4v) is 6.35. The van der Waals surface area contributed by atoms with E-state index in [1.807, 2.05) is 66.7 Å². The maximum Gasteiger partial charge on any atom is 0.243 e. The molecular weight excluding hydrogens is 636 g/mol. The van der Waals surface area contributed by atoms with Crippen LogP contribution >= 0.6 is 0 Å². The number of carbonyl (C=O) groups is 2. The molecule has 2 aliphatic rings. The number of nitrogens with one attached hydrogen (secondary N) is 2. The zero-order valence-corrected chi connectivity index (χ0v) is 28.0. The van der Waals surface area contributed by atoms with Crippen LogP contribution in [0, 0.1) is 0 Å². The van der Waals surface area contributed by atoms with Gasteiger partial charge in [-0.05, 0) is 46.4 Å². The summed E-state index contributed by atoms with van der Waals surface area (Å²) in [4.78, 5) is 36.9. The number of hydroxylamine groups is 1. The smallest absolute Gasteiger partial charge is 0.243 e. The van der Waals surface area contributed by atoms with Crippen molar-refractivity contribution in [3.05, 3.63) is 114 Å². The van der Waals surface area contributed by atoms with Crippen LogP contribution < -0.4 is 15.7 Å². The van der Waals surface area contributed by atoms with E-state index in [4.69, 9.17) is 14.7 Å². The fraction of sp³-hybridized carbons (Fsp3) is 0.368. The van der Waals surface area contributed by atoms with E-state index in [-0.39, 0.29) is 37.6 Å². The normalized spacial score (nSPS) is 19.6. The molecule has 1 aromatic heterocycles. The first kappa shape index (κ1) is 35.1. The topological polar surface area (TPSA) is 149 Å². The van der Waals surface area contributed by atoms with Crippen molar-refractivity contribution in [2.75, 3.05) is 37.6 Å². The van der Waals surface area contributed by atoms with E-state index in [2.05, 4.69) is 37.2 Å². The number of amides is 2. The van der Waals surface area contributed by atoms with Crippen LogP contribution in [0.4, 0.5) is 5.95 Å². The van der Waals surface area contributed by atoms with E-state index in [9.17, 15) is 14.7 Å². The number of hydrogen-bond acceptors (Lipinski definition) is 10. The SMILES string of the molecule is O=C(CCCC(=O)NCc1cccc(-c2ccc(C3OC(CN4CCN(c5ncccn5)CC4)CC(c4ccc(CO)cc4)O3)cc2)c1)NO. The molecule has 3 unspecified atom stereocenters. The minimum atomic E-state index is -0.547. The number of anilines is 1. The molecule has 3 heterocycles. The number of aliphatic hydroxyl groups is 1. The third-order valence-electron chi connectivity index (χ3n) is 9.15. The minimum Gasteiger partial charge on any atom is -0.392 e. The summed E-state index contributed by atoms with van der Waals surface area (Å²) in [5, 5.41) is 21.1. The molecule has 50 heavy (non-hydrogen) atoms. The summed E-state index contributed by atoms with van der Waals surface area (Å²) in [5.41, 5.74) is 7.44. The summed E-state index contributed by atoms with van der Waals surface area (Å²) in [5.74, 6) is 0.112. The predicted molar refractivity (Wildman–Crippen MR) is 187 cm³/mol. The summed E-state index contributed by atoms with van der Waals surface area (Å²) in [6, 6.07) is 26.0. The van der Waals surface area contributed by atoms with Gasteiger partial charge >= 0.3 is 0 Å². The Morgan fingerprint density at radius 2 is 1.52 bits per heavy atom. The Bertz CT molecular complexity index is 1680. The van der Waals surface area contributed by atoms with Gasteiger partial charge in [0.1, 0.15) is 0 Å². The lowest BCUT2D eigenvalue weighted by atomic mass is 9.98. The third-order valence-corrected chi connectivity index (χ3v) is 9.15. The number of aliphatic hydroxyl groups excluding tert-OH is 1. The van der Waals surface area contributed by atoms with E-state index in [0.717, 1.165) is 78.5 Å². The van der Waals surface area contributed by atoms with Crippen LogP contribution in [0.15, 0.2) is 91.3 Å². The second-order valence-corrected chi connectivity index (χ2v) is 12.7. The van der Waals surface area contributed by atoms with Crippen LogP contribution in [0.5, 0.6) is 0 Å². The molecule has 2 saturated heterocycles. The molecule has 262 valence electrons. The van der Waals surface area contributed by atoms with Crippen molar-refractivity contribution in [3.63, 3.8) is 0 Å². The van der Waals surface area contributed by atoms with Gasteiger partial charge in [0.05, 0.1) is 18.8 Å². The second-order valence-electron chi connectivity index (χ2n) is 12.7. The molecular formula is C38H44N6O6. The van der Waals surface area contributed by atoms with Crippen LogP contribution in [-0.2, 0) is 32.2 Å². The highest BCUT2D eigenvalue weighted by molar-refractivity contribution is 5.78. The minimum absolute atomic E-state index is 0.00253. The molecule has 2 aliphatic heterocycles. The first-order chi connectivity index (χ1) is 24.5. The Balaban J connectivity index is 1.10. The van der Waals surface area contributed by atoms with Gasteiger partial charge in [-0.2, -0.15) is 0 Å². The molecule has 2 amide bonds. The van der Waals surface area contributed by atoms with E-state index in [1.165, 1.54) is 0 Å². The zero-order chi connectivity index (χ0) is 34.7. The van der Waals surface area contributed by atoms with Crippen molar-refractivity contribution in [1.29, 1.82) is 0 Å². The third kappa shape index (κ3) is 9.49. The van der Waals surface area contributed by atoms with E-state index in [1.54, 1.807) is 17.9 Å². The van der Waals surface area contributed by atoms with Gasteiger partial charge < -0.3 is 24.8 Å². The number of carbonyl (C=O) groups excluding carboxylic acids is 2. The zero-order valence-electron chi connectivity index (χ0n) is 28.0. The van der Waals surface area contributed by atoms with Crippen molar-refractivity contribution in [1.82, 2.24) is 25.7 Å². The van der Waals surface area contributed by atoms with Crippen LogP contribution in [0.25, 0.3) is 11.1 Å². The van der Waals surface area contributed by atoms with Crippen LogP contribution in [0.2, 0.25) is 0 Å². The first-order valence-electron chi connectivity index (χ1n) is 17.1. The average molecular weight is 681 g/mol. The summed E-state index contributed by atoms with van der Waals surface area (Å²) >= 11 is 0. The Morgan fingerprint density at radius 1 is 0.800 bits per heavy atom. The van der Waals surface area contributed by atoms with E-state index in [0.29, 0.717) is 13.0 Å². The van der Waals surface area contributed by atoms with Crippen molar-refractivity contribution in [3.8, 4) is 11.1 Å². The van der Waals surface area contributed by atoms with Crippen LogP contribution in [0.3, 0.4) is 0 Å². The number of nitrogens with zero attached hydrogens (tertiary/aromatic N) is 4. The van der Waals surface area contributed by atoms with Crippen LogP contribution in [0.1, 0.15) is 60.3 Å². The number of ether oxygens (including phenoxy) is 2. The average Bonchev–Trinajstić information content (AvgIpc) is 3.17. The molecule has 12 heteroatoms. The van der Waals surface area contributed by atoms with Gasteiger partial charge in [0, 0.05) is 76.5 Å². The molecule has 6 rings (SSSR count). The monoisotopic (exact) mass is 680 g/mol. The standard InChI is InChI=1S/C38H44N6O6/c45-26-27-8-10-30(11-9-27)34-23-33(25-43-18-20-44(21-19-43)38-39-16-3-17-40-38)49-37(50-34)31-14-12-29(13-15-31)32-5-1-4-28(22-32)24-41-35(46)6-2-7-36(47)42-48/h1,3-5,8-17,22,33-34,37,45,48H,2,6-7,18-21,23-26H2,(H,41,46)(H,42,47). The lowest BCUT2D eigenvalue weighted by molar-refractivity contribution is -0.253. The highest BCUT2D eigenvalue weighted by Gasteiger charge is 2.34. The molecule has 12 nitrogen and oxygen atoms in total. The van der Waals surface area contributed by atoms with Gasteiger partial charge in [-0.15, -0.1) is 0 Å². The molecule has 0 saturated carbocycles. The van der Waals surface area contributed by atoms with Crippen molar-refractivity contribution >= 4 is 17.8 Å². The number of rotatable bonds is 13. The summed E-state index contributed by atoms with van der Waals surface area (Å²) in [7, 11) is 0. The molecule has 2 fully saturated rings. The van der Waals surface area contributed by atoms with Gasteiger partial charge in [-0.25, -0.2) is 15.4 Å². The maximum absolute atomic E-state index is 12.2. The van der Waals surface area contributed by atoms with Crippen molar-refractivity contribution < 1.29 is 29.4 Å². The maximum atomic E-state index is 12.2. The van der Waals surface area contributed by atoms with Crippen molar-refractivity contribution in [2.24, 2.45) is 0 Å². The molecule has 3 aromatic carbocycles. The largest absolute Gasteiger partial charge is 0.392 e. The Labute approximate surface area is 292 Å². The Kier molecular flexibility index (Phi) is 12.1. The van der Waals surface area contributed by atoms with E-state index >= 15 is 0 Å². The molecule has 0 radical (unpaired) electrons. The Morgan fingerprint density at radius 3 is 2.24 bits per heavy atom. The second kappa shape index (κ2) is 17.3. The quantitative estimate of drug-likeness (QED) is 0.119. The Hall–Kier alpha value is -4.72. The molecule has 3 atom stereocenters. The number of hydrogen-bond donors (Lipinski definition) is 4. The van der Waals surface area contributed by atoms with Gasteiger partial charge in [0.15, 0.2) is 6.29 Å². The first-order valence-corrected chi connectivity index (χ1v) is 17.1. The summed E-state index contributed by atoms with van der Waals surface area (Å²) in [6.07, 6.45) is 4.17. The van der Waals surface area contributed by atoms with Gasteiger partial charge in [-0.3, -0.25) is 19.7 Å². The van der Waals surface area contributed by atoms with Gasteiger partial charge in [-0.1, -0.05) is 66.7 Å². The predicted octanol–water partition coefficient (Wildman–Crippen LogP) is 4.30. The van der Waals surface area contributed by atoms with E-state index < -0.39 is 12.2 Å². The summed E-state index contributed by atoms with van der Waals surface area (Å²) in [6.45, 7) is 4.64. The molecule has 0 aliphatic carbocycles. The van der Waals surface area contributed by atoms with Crippen LogP contribution in [-0.4, -0.2) is 75.8 Å².